The standard InChI is InChI=1S/C26H29BrFN9O4/c1-4-36(5-2)14-20-22(37(35-31-20)25-24(29)33-41-34-25)26(38)32-30-13-16-11-18(27)23(21(12-16)39-6-3)40-15-17-9-7-8-10-19(17)28/h7-13H,4-6,14-15H2,1-3H3,(H2,29,33)(H,32,38)/b30-13-. The average molecular weight is 630 g/mol. The Hall–Kier alpha value is -4.37. The minimum Gasteiger partial charge on any atom is -0.490 e. The number of carbonyl (C=O) groups excluding carboxylic acids is 1. The third kappa shape index (κ3) is 7.05. The van der Waals surface area contributed by atoms with Gasteiger partial charge in [0.25, 0.3) is 5.91 Å². The molecule has 15 heteroatoms. The maximum absolute atomic E-state index is 14.1. The van der Waals surface area contributed by atoms with Crippen LogP contribution in [0.3, 0.4) is 0 Å². The van der Waals surface area contributed by atoms with Gasteiger partial charge in [-0.2, -0.15) is 9.78 Å². The monoisotopic (exact) mass is 629 g/mol. The van der Waals surface area contributed by atoms with Crippen molar-refractivity contribution in [2.45, 2.75) is 33.9 Å². The van der Waals surface area contributed by atoms with Crippen LogP contribution >= 0.6 is 15.9 Å². The summed E-state index contributed by atoms with van der Waals surface area (Å²) in [4.78, 5) is 15.4. The SMILES string of the molecule is CCOc1cc(/C=N\NC(=O)c2c(CN(CC)CC)nnn2-c2nonc2N)cc(Br)c1OCc1ccccc1F. The smallest absolute Gasteiger partial charge is 0.292 e. The molecule has 13 nitrogen and oxygen atoms in total. The summed E-state index contributed by atoms with van der Waals surface area (Å²) in [6, 6.07) is 9.80. The number of nitrogen functional groups attached to an aromatic ring is 1. The molecule has 0 radical (unpaired) electrons. The highest BCUT2D eigenvalue weighted by molar-refractivity contribution is 9.10. The van der Waals surface area contributed by atoms with Crippen LogP contribution in [0.2, 0.25) is 0 Å². The number of benzene rings is 2. The molecule has 2 aromatic heterocycles. The lowest BCUT2D eigenvalue weighted by molar-refractivity contribution is 0.0945. The van der Waals surface area contributed by atoms with Gasteiger partial charge in [-0.3, -0.25) is 9.69 Å². The number of anilines is 1. The van der Waals surface area contributed by atoms with Gasteiger partial charge in [-0.25, -0.2) is 14.4 Å². The van der Waals surface area contributed by atoms with Crippen molar-refractivity contribution in [1.29, 1.82) is 0 Å². The number of hydrazone groups is 1. The summed E-state index contributed by atoms with van der Waals surface area (Å²) < 4.78 is 32.1. The summed E-state index contributed by atoms with van der Waals surface area (Å²) in [7, 11) is 0. The van der Waals surface area contributed by atoms with E-state index in [9.17, 15) is 9.18 Å². The van der Waals surface area contributed by atoms with Crippen molar-refractivity contribution < 1.29 is 23.3 Å². The highest BCUT2D eigenvalue weighted by atomic mass is 79.9. The molecule has 1 amide bonds. The molecule has 0 bridgehead atoms. The van der Waals surface area contributed by atoms with Gasteiger partial charge in [0.05, 0.1) is 17.3 Å². The quantitative estimate of drug-likeness (QED) is 0.165. The van der Waals surface area contributed by atoms with Crippen molar-refractivity contribution in [3.8, 4) is 17.3 Å². The molecule has 2 heterocycles. The number of nitrogens with one attached hydrogen (secondary N) is 1. The number of amides is 1. The summed E-state index contributed by atoms with van der Waals surface area (Å²) in [6.07, 6.45) is 1.44. The van der Waals surface area contributed by atoms with Gasteiger partial charge in [0.1, 0.15) is 18.1 Å². The van der Waals surface area contributed by atoms with Crippen LogP contribution in [-0.4, -0.2) is 62.0 Å². The van der Waals surface area contributed by atoms with E-state index in [0.717, 1.165) is 13.1 Å². The molecular formula is C26H29BrFN9O4. The van der Waals surface area contributed by atoms with E-state index in [4.69, 9.17) is 15.2 Å². The Kier molecular flexibility index (Phi) is 9.97. The van der Waals surface area contributed by atoms with Crippen LogP contribution in [0.25, 0.3) is 5.82 Å². The fraction of sp³-hybridized carbons (Fsp3) is 0.308. The molecule has 0 spiro atoms. The van der Waals surface area contributed by atoms with E-state index < -0.39 is 5.91 Å². The van der Waals surface area contributed by atoms with Crippen molar-refractivity contribution in [2.24, 2.45) is 5.10 Å². The average Bonchev–Trinajstić information content (AvgIpc) is 3.57. The molecule has 0 unspecified atom stereocenters. The first kappa shape index (κ1) is 29.6. The second kappa shape index (κ2) is 13.8. The Morgan fingerprint density at radius 3 is 2.68 bits per heavy atom. The zero-order valence-corrected chi connectivity index (χ0v) is 24.3. The van der Waals surface area contributed by atoms with Crippen molar-refractivity contribution in [3.63, 3.8) is 0 Å². The molecule has 0 saturated heterocycles. The molecule has 3 N–H and O–H groups in total. The zero-order valence-electron chi connectivity index (χ0n) is 22.7. The number of hydrogen-bond acceptors (Lipinski definition) is 11. The molecule has 0 saturated carbocycles. The van der Waals surface area contributed by atoms with Crippen molar-refractivity contribution >= 4 is 33.9 Å². The van der Waals surface area contributed by atoms with Gasteiger partial charge in [-0.1, -0.05) is 37.3 Å². The predicted molar refractivity (Wildman–Crippen MR) is 151 cm³/mol. The van der Waals surface area contributed by atoms with E-state index in [2.05, 4.69) is 56.6 Å². The molecular weight excluding hydrogens is 601 g/mol. The van der Waals surface area contributed by atoms with Crippen molar-refractivity contribution in [2.75, 3.05) is 25.4 Å². The highest BCUT2D eigenvalue weighted by Crippen LogP contribution is 2.37. The second-order valence-electron chi connectivity index (χ2n) is 8.57. The summed E-state index contributed by atoms with van der Waals surface area (Å²) in [6.45, 7) is 8.07. The Balaban J connectivity index is 1.55. The first-order valence-electron chi connectivity index (χ1n) is 12.8. The van der Waals surface area contributed by atoms with Gasteiger partial charge < -0.3 is 15.2 Å². The molecule has 4 rings (SSSR count). The predicted octanol–water partition coefficient (Wildman–Crippen LogP) is 3.72. The molecule has 4 aromatic rings. The Labute approximate surface area is 243 Å². The van der Waals surface area contributed by atoms with E-state index in [0.29, 0.717) is 45.9 Å². The minimum absolute atomic E-state index is 0.0118. The number of carbonyl (C=O) groups is 1. The molecule has 216 valence electrons. The topological polar surface area (TPSA) is 159 Å². The molecule has 0 aliphatic carbocycles. The number of halogens is 2. The van der Waals surface area contributed by atoms with Crippen LogP contribution in [0.1, 0.15) is 48.1 Å². The first-order valence-corrected chi connectivity index (χ1v) is 13.6. The number of hydrogen-bond donors (Lipinski definition) is 2. The van der Waals surface area contributed by atoms with Crippen LogP contribution in [0.15, 0.2) is 50.6 Å². The van der Waals surface area contributed by atoms with E-state index in [1.807, 2.05) is 20.8 Å². The first-order chi connectivity index (χ1) is 19.9. The Morgan fingerprint density at radius 2 is 2.00 bits per heavy atom. The van der Waals surface area contributed by atoms with Crippen molar-refractivity contribution in [1.82, 2.24) is 35.6 Å². The number of nitrogens with two attached hydrogens (primary N) is 1. The van der Waals surface area contributed by atoms with Gasteiger partial charge in [0.2, 0.25) is 11.6 Å². The van der Waals surface area contributed by atoms with E-state index in [1.54, 1.807) is 30.3 Å². The van der Waals surface area contributed by atoms with E-state index in [1.165, 1.54) is 17.0 Å². The lowest BCUT2D eigenvalue weighted by Crippen LogP contribution is -2.27. The van der Waals surface area contributed by atoms with Crippen molar-refractivity contribution in [3.05, 3.63) is 69.2 Å². The summed E-state index contributed by atoms with van der Waals surface area (Å²) in [5.74, 6) is -0.138. The van der Waals surface area contributed by atoms with E-state index >= 15 is 0 Å². The molecule has 41 heavy (non-hydrogen) atoms. The molecule has 0 fully saturated rings. The highest BCUT2D eigenvalue weighted by Gasteiger charge is 2.26. The van der Waals surface area contributed by atoms with Crippen LogP contribution in [0, 0.1) is 5.82 Å². The normalized spacial score (nSPS) is 11.4. The van der Waals surface area contributed by atoms with Gasteiger partial charge >= 0.3 is 0 Å². The van der Waals surface area contributed by atoms with Gasteiger partial charge in [0.15, 0.2) is 17.2 Å². The molecule has 0 atom stereocenters. The van der Waals surface area contributed by atoms with Crippen LogP contribution in [0.4, 0.5) is 10.2 Å². The second-order valence-corrected chi connectivity index (χ2v) is 9.43. The number of ether oxygens (including phenoxy) is 2. The Bertz CT molecular complexity index is 1520. The summed E-state index contributed by atoms with van der Waals surface area (Å²) in [5, 5.41) is 19.6. The van der Waals surface area contributed by atoms with Gasteiger partial charge in [0, 0.05) is 12.1 Å². The third-order valence-electron chi connectivity index (χ3n) is 5.96. The number of aromatic nitrogens is 5. The lowest BCUT2D eigenvalue weighted by Gasteiger charge is -2.16. The fourth-order valence-corrected chi connectivity index (χ4v) is 4.42. The summed E-state index contributed by atoms with van der Waals surface area (Å²) in [5.41, 5.74) is 9.84. The molecule has 0 aliphatic heterocycles. The fourth-order valence-electron chi connectivity index (χ4n) is 3.84. The molecule has 2 aromatic carbocycles. The molecule has 0 aliphatic rings. The summed E-state index contributed by atoms with van der Waals surface area (Å²) >= 11 is 3.49. The van der Waals surface area contributed by atoms with Crippen LogP contribution in [-0.2, 0) is 13.2 Å². The van der Waals surface area contributed by atoms with Gasteiger partial charge in [-0.15, -0.1) is 5.10 Å². The minimum atomic E-state index is -0.593. The Morgan fingerprint density at radius 1 is 1.22 bits per heavy atom. The number of rotatable bonds is 13. The lowest BCUT2D eigenvalue weighted by atomic mass is 10.2. The maximum atomic E-state index is 14.1. The van der Waals surface area contributed by atoms with E-state index in [-0.39, 0.29) is 29.8 Å². The van der Waals surface area contributed by atoms with Gasteiger partial charge in [-0.05, 0) is 70.0 Å². The third-order valence-corrected chi connectivity index (χ3v) is 6.55. The van der Waals surface area contributed by atoms with Crippen LogP contribution < -0.4 is 20.6 Å². The number of nitrogens with zero attached hydrogens (tertiary/aromatic N) is 7. The largest absolute Gasteiger partial charge is 0.490 e. The zero-order chi connectivity index (χ0) is 29.4. The maximum Gasteiger partial charge on any atom is 0.292 e. The van der Waals surface area contributed by atoms with Crippen LogP contribution in [0.5, 0.6) is 11.5 Å².